The zero-order valence-corrected chi connectivity index (χ0v) is 39.3. The van der Waals surface area contributed by atoms with Crippen molar-refractivity contribution >= 4 is 23.9 Å². The number of ether oxygens (including phenoxy) is 1. The Labute approximate surface area is 382 Å². The van der Waals surface area contributed by atoms with Gasteiger partial charge in [0.1, 0.15) is 0 Å². The second kappa shape index (κ2) is 29.6. The molecule has 3 atom stereocenters. The molecular weight excluding hydrogens is 819 g/mol. The molecule has 5 N–H and O–H groups in total. The van der Waals surface area contributed by atoms with Crippen LogP contribution in [0.2, 0.25) is 0 Å². The van der Waals surface area contributed by atoms with Gasteiger partial charge in [0.05, 0.1) is 6.61 Å². The number of carbonyl (C=O) groups is 4. The van der Waals surface area contributed by atoms with E-state index in [1.165, 1.54) is 94.6 Å². The number of hydrogen-bond acceptors (Lipinski definition) is 7. The highest BCUT2D eigenvalue weighted by Gasteiger charge is 2.53. The number of carbonyl (C=O) groups excluding carboxylic acids is 1. The second-order valence-corrected chi connectivity index (χ2v) is 18.4. The average molecular weight is 899 g/mol. The molecule has 0 bridgehead atoms. The summed E-state index contributed by atoms with van der Waals surface area (Å²) >= 11 is 0. The normalized spacial score (nSPS) is 19.0. The molecule has 2 aromatic rings. The number of halogens is 2. The molecule has 0 aromatic heterocycles. The minimum atomic E-state index is -1.76. The Bertz CT molecular complexity index is 1690. The molecule has 10 nitrogen and oxygen atoms in total. The largest absolute Gasteiger partial charge is 0.480 e. The predicted molar refractivity (Wildman–Crippen MR) is 249 cm³/mol. The van der Waals surface area contributed by atoms with Crippen LogP contribution in [0, 0.1) is 22.5 Å². The van der Waals surface area contributed by atoms with Gasteiger partial charge in [0.25, 0.3) is 0 Å². The number of unbranched alkanes of at least 4 members (excludes halogenated alkanes) is 14. The van der Waals surface area contributed by atoms with E-state index in [9.17, 15) is 43.3 Å². The summed E-state index contributed by atoms with van der Waals surface area (Å²) in [5, 5.41) is 34.7. The molecular formula is C52H80F2N2O8. The van der Waals surface area contributed by atoms with Crippen LogP contribution in [0.3, 0.4) is 0 Å². The van der Waals surface area contributed by atoms with E-state index >= 15 is 0 Å². The number of rotatable bonds is 31. The quantitative estimate of drug-likeness (QED) is 0.0280. The Morgan fingerprint density at radius 2 is 0.938 bits per heavy atom. The first-order valence-electron chi connectivity index (χ1n) is 24.7. The minimum absolute atomic E-state index is 0.00789. The van der Waals surface area contributed by atoms with Crippen LogP contribution in [-0.2, 0) is 49.6 Å². The molecule has 0 spiro atoms. The zero-order chi connectivity index (χ0) is 46.8. The zero-order valence-electron chi connectivity index (χ0n) is 39.3. The molecule has 0 radical (unpaired) electrons. The summed E-state index contributed by atoms with van der Waals surface area (Å²) in [6, 6.07) is 11.9. The van der Waals surface area contributed by atoms with Gasteiger partial charge in [0.15, 0.2) is 22.5 Å². The summed E-state index contributed by atoms with van der Waals surface area (Å²) in [4.78, 5) is 46.7. The van der Waals surface area contributed by atoms with Gasteiger partial charge in [0, 0.05) is 12.1 Å². The number of esters is 1. The Morgan fingerprint density at radius 3 is 1.39 bits per heavy atom. The van der Waals surface area contributed by atoms with E-state index < -0.39 is 46.3 Å². The lowest BCUT2D eigenvalue weighted by molar-refractivity contribution is -0.168. The summed E-state index contributed by atoms with van der Waals surface area (Å²) in [5.41, 5.74) is 0.232. The van der Waals surface area contributed by atoms with Crippen molar-refractivity contribution in [2.45, 2.75) is 200 Å². The Kier molecular flexibility index (Phi) is 25.2. The first-order valence-corrected chi connectivity index (χ1v) is 24.7. The lowest BCUT2D eigenvalue weighted by Gasteiger charge is -2.22. The van der Waals surface area contributed by atoms with Gasteiger partial charge in [-0.3, -0.25) is 19.2 Å². The van der Waals surface area contributed by atoms with E-state index in [0.29, 0.717) is 44.2 Å². The molecule has 3 unspecified atom stereocenters. The minimum Gasteiger partial charge on any atom is -0.480 e. The van der Waals surface area contributed by atoms with Crippen LogP contribution < -0.4 is 10.6 Å². The van der Waals surface area contributed by atoms with Gasteiger partial charge in [0.2, 0.25) is 0 Å². The third-order valence-corrected chi connectivity index (χ3v) is 13.5. The van der Waals surface area contributed by atoms with E-state index in [-0.39, 0.29) is 43.5 Å². The van der Waals surface area contributed by atoms with Gasteiger partial charge in [-0.15, -0.1) is 0 Å². The van der Waals surface area contributed by atoms with E-state index in [4.69, 9.17) is 4.74 Å². The SMILES string of the molecule is CCCCCCCCCCc1ccc(CCNC2CCC(C(=O)O)(C(=O)O)C2)c(F)c1F.CCCCCCCCCCc1ccc(CCNC2CCC(C(=O)O)(C(=O)OCC)C2)cc1. The van der Waals surface area contributed by atoms with E-state index in [1.807, 2.05) is 0 Å². The standard InChI is InChI=1S/C27H43NO4.C25H37F2NO4/c1-3-5-6-7-8-9-10-11-12-22-13-15-23(16-14-22)18-20-28-24-17-19-27(21-24,25(29)30)26(31)32-4-2;1-2-3-4-5-6-7-8-9-10-18-11-12-19(22(27)21(18)26)14-16-28-20-13-15-25(17-20,23(29)30)24(31)32/h13-16,24,28H,3-12,17-21H2,1-2H3,(H,29,30);11-12,20,28H,2-10,13-17H2,1H3,(H,29,30)(H,31,32). The number of carboxylic acids is 3. The molecule has 0 heterocycles. The van der Waals surface area contributed by atoms with Crippen molar-refractivity contribution in [3.63, 3.8) is 0 Å². The number of benzene rings is 2. The van der Waals surface area contributed by atoms with E-state index in [2.05, 4.69) is 48.7 Å². The highest BCUT2D eigenvalue weighted by Crippen LogP contribution is 2.40. The van der Waals surface area contributed by atoms with Crippen molar-refractivity contribution in [2.75, 3.05) is 19.7 Å². The van der Waals surface area contributed by atoms with Crippen LogP contribution in [0.15, 0.2) is 36.4 Å². The van der Waals surface area contributed by atoms with Crippen LogP contribution in [0.1, 0.15) is 184 Å². The van der Waals surface area contributed by atoms with Gasteiger partial charge in [-0.05, 0) is 119 Å². The Morgan fingerprint density at radius 1 is 0.547 bits per heavy atom. The van der Waals surface area contributed by atoms with Crippen LogP contribution in [0.4, 0.5) is 8.78 Å². The Hall–Kier alpha value is -3.90. The van der Waals surface area contributed by atoms with Crippen molar-refractivity contribution in [3.05, 3.63) is 70.3 Å². The highest BCUT2D eigenvalue weighted by molar-refractivity contribution is 5.99. The molecule has 2 aromatic carbocycles. The summed E-state index contributed by atoms with van der Waals surface area (Å²) in [5.74, 6) is -5.90. The van der Waals surface area contributed by atoms with E-state index in [0.717, 1.165) is 38.6 Å². The molecule has 0 saturated heterocycles. The lowest BCUT2D eigenvalue weighted by atomic mass is 9.86. The lowest BCUT2D eigenvalue weighted by Crippen LogP contribution is -2.40. The molecule has 360 valence electrons. The first kappa shape index (κ1) is 54.4. The summed E-state index contributed by atoms with van der Waals surface area (Å²) in [6.45, 7) is 7.47. The van der Waals surface area contributed by atoms with Crippen LogP contribution in [0.25, 0.3) is 0 Å². The Balaban J connectivity index is 0.000000340. The molecule has 2 aliphatic carbocycles. The second-order valence-electron chi connectivity index (χ2n) is 18.4. The van der Waals surface area contributed by atoms with Crippen molar-refractivity contribution in [3.8, 4) is 0 Å². The molecule has 2 saturated carbocycles. The van der Waals surface area contributed by atoms with Gasteiger partial charge in [-0.1, -0.05) is 140 Å². The number of nitrogens with one attached hydrogen (secondary N) is 2. The summed E-state index contributed by atoms with van der Waals surface area (Å²) < 4.78 is 34.0. The number of aliphatic carboxylic acids is 3. The summed E-state index contributed by atoms with van der Waals surface area (Å²) in [7, 11) is 0. The third-order valence-electron chi connectivity index (χ3n) is 13.5. The summed E-state index contributed by atoms with van der Waals surface area (Å²) in [6.07, 6.45) is 24.6. The van der Waals surface area contributed by atoms with Crippen LogP contribution in [0.5, 0.6) is 0 Å². The maximum atomic E-state index is 14.5. The molecule has 0 amide bonds. The predicted octanol–water partition coefficient (Wildman–Crippen LogP) is 11.2. The monoisotopic (exact) mass is 899 g/mol. The number of carboxylic acid groups (broad SMARTS) is 3. The molecule has 2 aliphatic rings. The van der Waals surface area contributed by atoms with Crippen LogP contribution >= 0.6 is 0 Å². The van der Waals surface area contributed by atoms with Gasteiger partial charge in [-0.2, -0.15) is 0 Å². The maximum absolute atomic E-state index is 14.5. The fraction of sp³-hybridized carbons (Fsp3) is 0.692. The maximum Gasteiger partial charge on any atom is 0.323 e. The van der Waals surface area contributed by atoms with Crippen molar-refractivity contribution in [1.82, 2.24) is 10.6 Å². The first-order chi connectivity index (χ1) is 30.8. The molecule has 12 heteroatoms. The van der Waals surface area contributed by atoms with Crippen LogP contribution in [-0.4, -0.2) is 71.0 Å². The third kappa shape index (κ3) is 17.5. The van der Waals surface area contributed by atoms with Gasteiger partial charge >= 0.3 is 23.9 Å². The van der Waals surface area contributed by atoms with E-state index in [1.54, 1.807) is 19.1 Å². The van der Waals surface area contributed by atoms with Gasteiger partial charge in [-0.25, -0.2) is 8.78 Å². The highest BCUT2D eigenvalue weighted by atomic mass is 19.2. The number of hydrogen-bond donors (Lipinski definition) is 5. The fourth-order valence-corrected chi connectivity index (χ4v) is 9.29. The molecule has 64 heavy (non-hydrogen) atoms. The topological polar surface area (TPSA) is 162 Å². The average Bonchev–Trinajstić information content (AvgIpc) is 3.93. The smallest absolute Gasteiger partial charge is 0.323 e. The number of aryl methyl sites for hydroxylation is 2. The molecule has 4 rings (SSSR count). The van der Waals surface area contributed by atoms with Crippen molar-refractivity contribution < 1.29 is 48.0 Å². The fourth-order valence-electron chi connectivity index (χ4n) is 9.29. The van der Waals surface area contributed by atoms with Gasteiger partial charge < -0.3 is 30.7 Å². The molecule has 2 fully saturated rings. The van der Waals surface area contributed by atoms with Crippen molar-refractivity contribution in [1.29, 1.82) is 0 Å². The van der Waals surface area contributed by atoms with Crippen molar-refractivity contribution in [2.24, 2.45) is 10.8 Å². The molecule has 0 aliphatic heterocycles.